The lowest BCUT2D eigenvalue weighted by atomic mass is 10.2. The van der Waals surface area contributed by atoms with Crippen molar-refractivity contribution in [3.8, 4) is 5.75 Å². The summed E-state index contributed by atoms with van der Waals surface area (Å²) in [5, 5.41) is -0.440. The molecule has 1 amide bonds. The first kappa shape index (κ1) is 14.8. The van der Waals surface area contributed by atoms with Crippen LogP contribution in [0.3, 0.4) is 0 Å². The molecule has 1 atom stereocenters. The Hall–Kier alpha value is -1.56. The summed E-state index contributed by atoms with van der Waals surface area (Å²) >= 11 is 0. The van der Waals surface area contributed by atoms with E-state index in [-0.39, 0.29) is 19.1 Å². The number of hydrogen-bond donors (Lipinski definition) is 0. The van der Waals surface area contributed by atoms with Crippen LogP contribution in [0.2, 0.25) is 0 Å². The number of nitrogens with zero attached hydrogens (tertiary/aromatic N) is 1. The van der Waals surface area contributed by atoms with Crippen LogP contribution in [0.15, 0.2) is 24.3 Å². The van der Waals surface area contributed by atoms with Gasteiger partial charge >= 0.3 is 0 Å². The van der Waals surface area contributed by atoms with Crippen LogP contribution in [0.25, 0.3) is 0 Å². The van der Waals surface area contributed by atoms with E-state index in [4.69, 9.17) is 4.74 Å². The Kier molecular flexibility index (Phi) is 4.32. The number of carbonyl (C=O) groups excluding carboxylic acids is 1. The molecule has 0 spiro atoms. The molecule has 0 N–H and O–H groups in total. The van der Waals surface area contributed by atoms with Crippen LogP contribution in [0.1, 0.15) is 12.0 Å². The fraction of sp³-hybridized carbons (Fsp3) is 0.500. The topological polar surface area (TPSA) is 63.7 Å². The van der Waals surface area contributed by atoms with Gasteiger partial charge in [0.05, 0.1) is 5.25 Å². The highest BCUT2D eigenvalue weighted by atomic mass is 32.2. The van der Waals surface area contributed by atoms with Gasteiger partial charge in [0.15, 0.2) is 16.4 Å². The second kappa shape index (κ2) is 5.83. The molecule has 110 valence electrons. The molecule has 1 heterocycles. The molecule has 1 aromatic carbocycles. The molecule has 1 saturated heterocycles. The van der Waals surface area contributed by atoms with Crippen molar-refractivity contribution in [2.75, 3.05) is 26.0 Å². The number of sulfone groups is 1. The van der Waals surface area contributed by atoms with E-state index in [1.165, 1.54) is 6.26 Å². The van der Waals surface area contributed by atoms with Gasteiger partial charge in [-0.05, 0) is 25.0 Å². The maximum absolute atomic E-state index is 12.0. The van der Waals surface area contributed by atoms with Crippen LogP contribution in [0, 0.1) is 6.92 Å². The second-order valence-corrected chi connectivity index (χ2v) is 7.46. The first-order valence-corrected chi connectivity index (χ1v) is 8.48. The minimum atomic E-state index is -3.08. The van der Waals surface area contributed by atoms with E-state index >= 15 is 0 Å². The van der Waals surface area contributed by atoms with Crippen molar-refractivity contribution >= 4 is 15.7 Å². The smallest absolute Gasteiger partial charge is 0.260 e. The molecule has 6 heteroatoms. The average Bonchev–Trinajstić information content (AvgIpc) is 2.87. The van der Waals surface area contributed by atoms with Crippen molar-refractivity contribution in [3.63, 3.8) is 0 Å². The highest BCUT2D eigenvalue weighted by molar-refractivity contribution is 7.91. The molecule has 0 radical (unpaired) electrons. The number of amides is 1. The van der Waals surface area contributed by atoms with Crippen molar-refractivity contribution in [2.24, 2.45) is 0 Å². The third-order valence-electron chi connectivity index (χ3n) is 3.55. The van der Waals surface area contributed by atoms with Crippen LogP contribution in [-0.2, 0) is 14.6 Å². The molecule has 20 heavy (non-hydrogen) atoms. The third kappa shape index (κ3) is 3.50. The largest absolute Gasteiger partial charge is 0.484 e. The minimum Gasteiger partial charge on any atom is -0.484 e. The van der Waals surface area contributed by atoms with E-state index in [1.54, 1.807) is 4.90 Å². The van der Waals surface area contributed by atoms with E-state index in [0.29, 0.717) is 18.7 Å². The Balaban J connectivity index is 1.89. The molecule has 1 fully saturated rings. The lowest BCUT2D eigenvalue weighted by molar-refractivity contribution is -0.132. The molecule has 0 saturated carbocycles. The maximum atomic E-state index is 12.0. The monoisotopic (exact) mass is 297 g/mol. The molecule has 0 aromatic heterocycles. The summed E-state index contributed by atoms with van der Waals surface area (Å²) in [6.45, 7) is 2.61. The quantitative estimate of drug-likeness (QED) is 0.832. The number of carbonyl (C=O) groups is 1. The first-order chi connectivity index (χ1) is 9.38. The Morgan fingerprint density at radius 1 is 1.40 bits per heavy atom. The van der Waals surface area contributed by atoms with Gasteiger partial charge in [-0.1, -0.05) is 18.2 Å². The zero-order chi connectivity index (χ0) is 14.8. The fourth-order valence-corrected chi connectivity index (χ4v) is 3.24. The zero-order valence-electron chi connectivity index (χ0n) is 11.7. The molecule has 1 aliphatic rings. The van der Waals surface area contributed by atoms with Gasteiger partial charge in [0.2, 0.25) is 0 Å². The molecule has 2 rings (SSSR count). The Morgan fingerprint density at radius 2 is 2.10 bits per heavy atom. The van der Waals surface area contributed by atoms with Gasteiger partial charge in [0.1, 0.15) is 5.75 Å². The molecular weight excluding hydrogens is 278 g/mol. The van der Waals surface area contributed by atoms with Gasteiger partial charge in [0.25, 0.3) is 5.91 Å². The van der Waals surface area contributed by atoms with Gasteiger partial charge in [-0.2, -0.15) is 0 Å². The standard InChI is InChI=1S/C14H19NO4S/c1-11-5-3-4-6-13(11)19-10-14(16)15-8-7-12(9-15)20(2,17)18/h3-6,12H,7-10H2,1-2H3/t12-/m1/s1. The molecule has 0 bridgehead atoms. The second-order valence-electron chi connectivity index (χ2n) is 5.13. The molecular formula is C14H19NO4S. The van der Waals surface area contributed by atoms with Crippen molar-refractivity contribution in [3.05, 3.63) is 29.8 Å². The van der Waals surface area contributed by atoms with Crippen LogP contribution in [0.5, 0.6) is 5.75 Å². The third-order valence-corrected chi connectivity index (χ3v) is 5.14. The van der Waals surface area contributed by atoms with Gasteiger partial charge in [-0.3, -0.25) is 4.79 Å². The van der Waals surface area contributed by atoms with E-state index in [9.17, 15) is 13.2 Å². The number of benzene rings is 1. The highest BCUT2D eigenvalue weighted by Gasteiger charge is 2.32. The van der Waals surface area contributed by atoms with Gasteiger partial charge in [-0.15, -0.1) is 0 Å². The summed E-state index contributed by atoms with van der Waals surface area (Å²) in [5.74, 6) is 0.513. The summed E-state index contributed by atoms with van der Waals surface area (Å²) in [6.07, 6.45) is 1.73. The summed E-state index contributed by atoms with van der Waals surface area (Å²) in [6, 6.07) is 7.48. The predicted molar refractivity (Wildman–Crippen MR) is 76.5 cm³/mol. The number of likely N-dealkylation sites (tertiary alicyclic amines) is 1. The highest BCUT2D eigenvalue weighted by Crippen LogP contribution is 2.18. The van der Waals surface area contributed by atoms with E-state index in [1.807, 2.05) is 31.2 Å². The van der Waals surface area contributed by atoms with Crippen molar-refractivity contribution in [2.45, 2.75) is 18.6 Å². The number of para-hydroxylation sites is 1. The molecule has 5 nitrogen and oxygen atoms in total. The van der Waals surface area contributed by atoms with E-state index < -0.39 is 15.1 Å². The normalized spacial score (nSPS) is 19.1. The van der Waals surface area contributed by atoms with Crippen LogP contribution < -0.4 is 4.74 Å². The molecule has 0 aliphatic carbocycles. The predicted octanol–water partition coefficient (Wildman–Crippen LogP) is 1.02. The zero-order valence-corrected chi connectivity index (χ0v) is 12.5. The van der Waals surface area contributed by atoms with Gasteiger partial charge < -0.3 is 9.64 Å². The summed E-state index contributed by atoms with van der Waals surface area (Å²) < 4.78 is 28.4. The van der Waals surface area contributed by atoms with Gasteiger partial charge in [-0.25, -0.2) is 8.42 Å². The SMILES string of the molecule is Cc1ccccc1OCC(=O)N1CC[C@@H](S(C)(=O)=O)C1. The molecule has 1 aliphatic heterocycles. The van der Waals surface area contributed by atoms with Crippen LogP contribution in [-0.4, -0.2) is 50.4 Å². The Bertz CT molecular complexity index is 597. The average molecular weight is 297 g/mol. The molecule has 0 unspecified atom stereocenters. The van der Waals surface area contributed by atoms with Crippen LogP contribution >= 0.6 is 0 Å². The van der Waals surface area contributed by atoms with E-state index in [2.05, 4.69) is 0 Å². The minimum absolute atomic E-state index is 0.0542. The summed E-state index contributed by atoms with van der Waals surface area (Å²) in [4.78, 5) is 13.6. The Morgan fingerprint density at radius 3 is 2.70 bits per heavy atom. The number of ether oxygens (including phenoxy) is 1. The lowest BCUT2D eigenvalue weighted by Gasteiger charge is -2.17. The van der Waals surface area contributed by atoms with E-state index in [0.717, 1.165) is 5.56 Å². The number of aryl methyl sites for hydroxylation is 1. The maximum Gasteiger partial charge on any atom is 0.260 e. The van der Waals surface area contributed by atoms with Crippen molar-refractivity contribution in [1.29, 1.82) is 0 Å². The lowest BCUT2D eigenvalue weighted by Crippen LogP contribution is -2.35. The van der Waals surface area contributed by atoms with Crippen molar-refractivity contribution in [1.82, 2.24) is 4.90 Å². The van der Waals surface area contributed by atoms with Crippen LogP contribution in [0.4, 0.5) is 0 Å². The number of hydrogen-bond acceptors (Lipinski definition) is 4. The van der Waals surface area contributed by atoms with Gasteiger partial charge in [0, 0.05) is 19.3 Å². The van der Waals surface area contributed by atoms with Crippen molar-refractivity contribution < 1.29 is 17.9 Å². The first-order valence-electron chi connectivity index (χ1n) is 6.53. The number of rotatable bonds is 4. The Labute approximate surface area is 119 Å². The summed E-state index contributed by atoms with van der Waals surface area (Å²) in [5.41, 5.74) is 0.968. The summed E-state index contributed by atoms with van der Waals surface area (Å²) in [7, 11) is -3.08. The fourth-order valence-electron chi connectivity index (χ4n) is 2.25. The molecule has 1 aromatic rings.